The summed E-state index contributed by atoms with van der Waals surface area (Å²) in [6, 6.07) is 1.28. The summed E-state index contributed by atoms with van der Waals surface area (Å²) in [5.74, 6) is -0.567. The summed E-state index contributed by atoms with van der Waals surface area (Å²) in [4.78, 5) is 3.67. The lowest BCUT2D eigenvalue weighted by atomic mass is 10.3. The van der Waals surface area contributed by atoms with Crippen LogP contribution in [0, 0.1) is 5.82 Å². The zero-order chi connectivity index (χ0) is 12.3. The lowest BCUT2D eigenvalue weighted by Crippen LogP contribution is -2.32. The molecule has 0 radical (unpaired) electrons. The minimum atomic E-state index is -1.18. The third kappa shape index (κ3) is 3.81. The summed E-state index contributed by atoms with van der Waals surface area (Å²) in [6.45, 7) is 5.87. The Morgan fingerprint density at radius 2 is 2.19 bits per heavy atom. The van der Waals surface area contributed by atoms with Crippen LogP contribution in [0.3, 0.4) is 0 Å². The fourth-order valence-electron chi connectivity index (χ4n) is 0.923. The first-order valence-electron chi connectivity index (χ1n) is 4.76. The van der Waals surface area contributed by atoms with Crippen molar-refractivity contribution in [3.8, 4) is 0 Å². The van der Waals surface area contributed by atoms with E-state index < -0.39 is 16.8 Å². The van der Waals surface area contributed by atoms with Gasteiger partial charge in [-0.2, -0.15) is 0 Å². The summed E-state index contributed by atoms with van der Waals surface area (Å²) >= 11 is 5.45. The normalized spacial score (nSPS) is 13.8. The highest BCUT2D eigenvalue weighted by Crippen LogP contribution is 2.13. The van der Waals surface area contributed by atoms with E-state index in [0.29, 0.717) is 12.1 Å². The number of nitrogens with zero attached hydrogens (tertiary/aromatic N) is 1. The smallest absolute Gasteiger partial charge is 0.164 e. The van der Waals surface area contributed by atoms with E-state index in [1.165, 1.54) is 12.3 Å². The topological polar surface area (TPSA) is 42.0 Å². The molecule has 1 atom stereocenters. The molecule has 0 amide bonds. The predicted octanol–water partition coefficient (Wildman–Crippen LogP) is 2.43. The van der Waals surface area contributed by atoms with E-state index in [1.54, 1.807) is 0 Å². The van der Waals surface area contributed by atoms with Crippen LogP contribution in [0.4, 0.5) is 4.39 Å². The minimum Gasteiger partial charge on any atom is -0.242 e. The fraction of sp³-hybridized carbons (Fsp3) is 0.500. The highest BCUT2D eigenvalue weighted by atomic mass is 35.5. The molecule has 0 spiro atoms. The first kappa shape index (κ1) is 13.5. The van der Waals surface area contributed by atoms with Crippen molar-refractivity contribution in [3.05, 3.63) is 28.8 Å². The lowest BCUT2D eigenvalue weighted by molar-refractivity contribution is 0.615. The van der Waals surface area contributed by atoms with Gasteiger partial charge in [-0.25, -0.2) is 18.3 Å². The Morgan fingerprint density at radius 3 is 2.69 bits per heavy atom. The molecule has 3 nitrogen and oxygen atoms in total. The van der Waals surface area contributed by atoms with Gasteiger partial charge in [0.15, 0.2) is 11.0 Å². The molecule has 16 heavy (non-hydrogen) atoms. The van der Waals surface area contributed by atoms with Gasteiger partial charge in [-0.1, -0.05) is 11.6 Å². The van der Waals surface area contributed by atoms with Gasteiger partial charge in [0.05, 0.1) is 15.7 Å². The molecule has 0 aliphatic carbocycles. The van der Waals surface area contributed by atoms with E-state index in [9.17, 15) is 8.60 Å². The average Bonchev–Trinajstić information content (AvgIpc) is 2.18. The highest BCUT2D eigenvalue weighted by Gasteiger charge is 2.19. The molecule has 1 aromatic rings. The highest BCUT2D eigenvalue weighted by molar-refractivity contribution is 7.84. The Balaban J connectivity index is 2.62. The maximum atomic E-state index is 13.0. The molecule has 0 aliphatic heterocycles. The predicted molar refractivity (Wildman–Crippen MR) is 63.9 cm³/mol. The van der Waals surface area contributed by atoms with E-state index in [2.05, 4.69) is 9.71 Å². The van der Waals surface area contributed by atoms with Crippen molar-refractivity contribution in [3.63, 3.8) is 0 Å². The third-order valence-corrected chi connectivity index (χ3v) is 3.61. The molecule has 0 fully saturated rings. The average molecular weight is 265 g/mol. The third-order valence-electron chi connectivity index (χ3n) is 1.82. The number of hydrogen-bond donors (Lipinski definition) is 1. The molecule has 1 rings (SSSR count). The number of aromatic nitrogens is 1. The zero-order valence-corrected chi connectivity index (χ0v) is 11.0. The Labute approximate surface area is 102 Å². The van der Waals surface area contributed by atoms with Gasteiger partial charge in [-0.05, 0) is 32.4 Å². The Morgan fingerprint density at radius 1 is 1.56 bits per heavy atom. The van der Waals surface area contributed by atoms with Crippen LogP contribution < -0.4 is 4.72 Å². The molecule has 0 aliphatic rings. The second-order valence-corrected chi connectivity index (χ2v) is 6.73. The van der Waals surface area contributed by atoms with E-state index in [4.69, 9.17) is 11.6 Å². The molecular weight excluding hydrogens is 251 g/mol. The van der Waals surface area contributed by atoms with Gasteiger partial charge in [0.25, 0.3) is 0 Å². The quantitative estimate of drug-likeness (QED) is 0.852. The maximum Gasteiger partial charge on any atom is 0.164 e. The van der Waals surface area contributed by atoms with E-state index >= 15 is 0 Å². The summed E-state index contributed by atoms with van der Waals surface area (Å²) in [7, 11) is -1.18. The fourth-order valence-corrected chi connectivity index (χ4v) is 1.76. The molecule has 1 unspecified atom stereocenters. The van der Waals surface area contributed by atoms with Crippen LogP contribution in [0.2, 0.25) is 5.15 Å². The molecule has 1 N–H and O–H groups in total. The van der Waals surface area contributed by atoms with Crippen molar-refractivity contribution in [2.45, 2.75) is 32.1 Å². The first-order valence-corrected chi connectivity index (χ1v) is 6.29. The number of pyridine rings is 1. The minimum absolute atomic E-state index is 0.152. The van der Waals surface area contributed by atoms with Crippen LogP contribution in [-0.2, 0) is 17.5 Å². The van der Waals surface area contributed by atoms with Gasteiger partial charge < -0.3 is 0 Å². The Hall–Kier alpha value is -0.520. The lowest BCUT2D eigenvalue weighted by Gasteiger charge is -2.17. The molecule has 1 heterocycles. The second-order valence-electron chi connectivity index (χ2n) is 4.32. The molecule has 6 heteroatoms. The van der Waals surface area contributed by atoms with Gasteiger partial charge in [0.2, 0.25) is 0 Å². The van der Waals surface area contributed by atoms with E-state index in [1.807, 2.05) is 20.8 Å². The van der Waals surface area contributed by atoms with Gasteiger partial charge in [0.1, 0.15) is 0 Å². The first-order chi connectivity index (χ1) is 7.30. The molecule has 0 aromatic carbocycles. The van der Waals surface area contributed by atoms with E-state index in [0.717, 1.165) is 0 Å². The van der Waals surface area contributed by atoms with Crippen LogP contribution in [0.1, 0.15) is 26.3 Å². The zero-order valence-electron chi connectivity index (χ0n) is 9.38. The summed E-state index contributed by atoms with van der Waals surface area (Å²) in [5, 5.41) is -0.152. The number of nitrogens with one attached hydrogen (secondary N) is 1. The largest absolute Gasteiger partial charge is 0.242 e. The van der Waals surface area contributed by atoms with Crippen LogP contribution in [0.15, 0.2) is 12.3 Å². The SMILES string of the molecule is CC(C)(C)S(=O)NCc1cnc(Cl)c(F)c1. The monoisotopic (exact) mass is 264 g/mol. The van der Waals surface area contributed by atoms with Crippen LogP contribution >= 0.6 is 11.6 Å². The Bertz CT molecular complexity index is 406. The van der Waals surface area contributed by atoms with E-state index in [-0.39, 0.29) is 9.90 Å². The summed E-state index contributed by atoms with van der Waals surface area (Å²) in [5.41, 5.74) is 0.611. The number of rotatable bonds is 3. The standard InChI is InChI=1S/C10H14ClFN2OS/c1-10(2,3)16(15)14-6-7-4-8(12)9(11)13-5-7/h4-5,14H,6H2,1-3H3. The molecule has 1 aromatic heterocycles. The van der Waals surface area contributed by atoms with Crippen molar-refractivity contribution in [2.24, 2.45) is 0 Å². The van der Waals surface area contributed by atoms with Crippen molar-refractivity contribution >= 4 is 22.6 Å². The van der Waals surface area contributed by atoms with Crippen LogP contribution in [0.25, 0.3) is 0 Å². The summed E-state index contributed by atoms with van der Waals surface area (Å²) in [6.07, 6.45) is 1.46. The van der Waals surface area contributed by atoms with Gasteiger partial charge in [0, 0.05) is 12.7 Å². The maximum absolute atomic E-state index is 13.0. The van der Waals surface area contributed by atoms with Crippen molar-refractivity contribution in [1.29, 1.82) is 0 Å². The summed E-state index contributed by atoms with van der Waals surface area (Å²) < 4.78 is 27.1. The molecule has 0 saturated heterocycles. The van der Waals surface area contributed by atoms with Crippen LogP contribution in [0.5, 0.6) is 0 Å². The van der Waals surface area contributed by atoms with Crippen molar-refractivity contribution < 1.29 is 8.60 Å². The second kappa shape index (κ2) is 5.21. The van der Waals surface area contributed by atoms with Crippen molar-refractivity contribution in [1.82, 2.24) is 9.71 Å². The van der Waals surface area contributed by atoms with Gasteiger partial charge in [-0.3, -0.25) is 0 Å². The molecule has 0 bridgehead atoms. The van der Waals surface area contributed by atoms with Gasteiger partial charge in [-0.15, -0.1) is 0 Å². The number of hydrogen-bond acceptors (Lipinski definition) is 2. The molecule has 0 saturated carbocycles. The number of halogens is 2. The molecular formula is C10H14ClFN2OS. The van der Waals surface area contributed by atoms with Crippen molar-refractivity contribution in [2.75, 3.05) is 0 Å². The van der Waals surface area contributed by atoms with Gasteiger partial charge >= 0.3 is 0 Å². The molecule has 90 valence electrons. The van der Waals surface area contributed by atoms with Crippen LogP contribution in [-0.4, -0.2) is 13.9 Å². The Kier molecular flexibility index (Phi) is 4.41.